The van der Waals surface area contributed by atoms with Gasteiger partial charge in [0, 0.05) is 40.5 Å². The SMILES string of the molecule is CC12CCC(O)CC13C=CC1(C(C(=O)c4cccc(C(F)(F)F)c4)=C3)C2CCC2(C)C1CCC2(O)CN(CC12CC3CC(CC(C3)C1)C2)S(C)(=O)=O. The van der Waals surface area contributed by atoms with E-state index in [9.17, 15) is 36.6 Å². The molecule has 2 N–H and O–H groups in total. The number of hydrogen-bond donors (Lipinski definition) is 2. The van der Waals surface area contributed by atoms with Gasteiger partial charge in [-0.2, -0.15) is 17.5 Å². The first kappa shape index (κ1) is 35.7. The number of fused-ring (bicyclic) bond motifs is 1. The van der Waals surface area contributed by atoms with Gasteiger partial charge in [0.2, 0.25) is 10.0 Å². The summed E-state index contributed by atoms with van der Waals surface area (Å²) in [5.74, 6) is 1.31. The van der Waals surface area contributed by atoms with Gasteiger partial charge >= 0.3 is 6.18 Å². The predicted molar refractivity (Wildman–Crippen MR) is 191 cm³/mol. The van der Waals surface area contributed by atoms with Crippen LogP contribution in [-0.2, 0) is 16.2 Å². The van der Waals surface area contributed by atoms with Crippen LogP contribution in [0.3, 0.4) is 0 Å². The van der Waals surface area contributed by atoms with Crippen molar-refractivity contribution in [3.8, 4) is 0 Å². The number of sulfonamides is 1. The smallest absolute Gasteiger partial charge is 0.393 e. The minimum absolute atomic E-state index is 0.0102. The fraction of sp³-hybridized carbons (Fsp3) is 0.738. The van der Waals surface area contributed by atoms with Crippen LogP contribution in [0.1, 0.15) is 113 Å². The van der Waals surface area contributed by atoms with Crippen LogP contribution >= 0.6 is 0 Å². The number of carbonyl (C=O) groups is 1. The molecule has 10 aliphatic rings. The highest BCUT2D eigenvalue weighted by molar-refractivity contribution is 7.88. The van der Waals surface area contributed by atoms with Gasteiger partial charge in [0.1, 0.15) is 0 Å². The lowest BCUT2D eigenvalue weighted by molar-refractivity contribution is -0.175. The second kappa shape index (κ2) is 11.1. The summed E-state index contributed by atoms with van der Waals surface area (Å²) in [6.45, 7) is 4.81. The second-order valence-corrected chi connectivity index (χ2v) is 21.6. The first-order chi connectivity index (χ1) is 24.2. The summed E-state index contributed by atoms with van der Waals surface area (Å²) in [7, 11) is -3.66. The lowest BCUT2D eigenvalue weighted by atomic mass is 9.32. The van der Waals surface area contributed by atoms with Crippen LogP contribution in [-0.4, -0.2) is 59.8 Å². The third-order valence-electron chi connectivity index (χ3n) is 17.0. The molecule has 7 fully saturated rings. The van der Waals surface area contributed by atoms with E-state index < -0.39 is 55.5 Å². The van der Waals surface area contributed by atoms with E-state index in [1.165, 1.54) is 37.7 Å². The molecule has 0 heterocycles. The molecule has 8 unspecified atom stereocenters. The van der Waals surface area contributed by atoms with Crippen LogP contribution in [0.4, 0.5) is 13.2 Å². The molecule has 1 aromatic carbocycles. The molecule has 2 spiro atoms. The number of aliphatic hydroxyl groups excluding tert-OH is 1. The molecule has 284 valence electrons. The largest absolute Gasteiger partial charge is 0.416 e. The predicted octanol–water partition coefficient (Wildman–Crippen LogP) is 7.96. The summed E-state index contributed by atoms with van der Waals surface area (Å²) in [6.07, 6.45) is 13.5. The Labute approximate surface area is 306 Å². The van der Waals surface area contributed by atoms with Gasteiger partial charge < -0.3 is 10.2 Å². The first-order valence-electron chi connectivity index (χ1n) is 19.8. The Balaban J connectivity index is 1.11. The highest BCUT2D eigenvalue weighted by Crippen LogP contribution is 2.78. The minimum atomic E-state index is -4.60. The fourth-order valence-electron chi connectivity index (χ4n) is 15.0. The summed E-state index contributed by atoms with van der Waals surface area (Å²) < 4.78 is 70.7. The Bertz CT molecular complexity index is 1840. The Morgan fingerprint density at radius 1 is 0.885 bits per heavy atom. The highest BCUT2D eigenvalue weighted by atomic mass is 32.2. The van der Waals surface area contributed by atoms with Crippen molar-refractivity contribution < 1.29 is 36.6 Å². The van der Waals surface area contributed by atoms with Gasteiger partial charge in [-0.25, -0.2) is 8.42 Å². The van der Waals surface area contributed by atoms with Crippen molar-refractivity contribution in [2.24, 2.45) is 56.7 Å². The summed E-state index contributed by atoms with van der Waals surface area (Å²) in [5, 5.41) is 24.0. The number of aliphatic hydroxyl groups is 2. The average Bonchev–Trinajstić information content (AvgIpc) is 3.32. The number of benzene rings is 1. The number of Topliss-reactive ketones (excluding diaryl/α,β-unsaturated/α-hetero) is 1. The van der Waals surface area contributed by atoms with Crippen molar-refractivity contribution in [1.82, 2.24) is 4.31 Å². The van der Waals surface area contributed by atoms with E-state index in [0.29, 0.717) is 68.4 Å². The molecule has 8 atom stereocenters. The van der Waals surface area contributed by atoms with Crippen LogP contribution in [0.2, 0.25) is 0 Å². The van der Waals surface area contributed by atoms with Crippen LogP contribution in [0.25, 0.3) is 0 Å². The second-order valence-electron chi connectivity index (χ2n) is 19.7. The van der Waals surface area contributed by atoms with Crippen LogP contribution in [0, 0.1) is 56.7 Å². The van der Waals surface area contributed by atoms with E-state index in [-0.39, 0.29) is 34.8 Å². The van der Waals surface area contributed by atoms with Gasteiger partial charge in [-0.3, -0.25) is 4.79 Å². The van der Waals surface area contributed by atoms with Crippen molar-refractivity contribution in [3.05, 3.63) is 59.2 Å². The van der Waals surface area contributed by atoms with Crippen molar-refractivity contribution in [1.29, 1.82) is 0 Å². The Morgan fingerprint density at radius 3 is 2.13 bits per heavy atom. The quantitative estimate of drug-likeness (QED) is 0.219. The zero-order valence-corrected chi connectivity index (χ0v) is 31.5. The normalized spacial score (nSPS) is 47.3. The number of ketones is 1. The fourth-order valence-corrected chi connectivity index (χ4v) is 16.0. The number of halogens is 3. The maximum Gasteiger partial charge on any atom is 0.416 e. The molecule has 0 saturated heterocycles. The zero-order chi connectivity index (χ0) is 36.9. The molecule has 6 nitrogen and oxygen atoms in total. The zero-order valence-electron chi connectivity index (χ0n) is 30.7. The van der Waals surface area contributed by atoms with Crippen LogP contribution in [0.15, 0.2) is 48.1 Å². The molecule has 1 aromatic rings. The van der Waals surface area contributed by atoms with Crippen molar-refractivity contribution in [3.63, 3.8) is 0 Å². The van der Waals surface area contributed by atoms with E-state index >= 15 is 0 Å². The van der Waals surface area contributed by atoms with Crippen molar-refractivity contribution in [2.75, 3.05) is 19.3 Å². The third kappa shape index (κ3) is 4.84. The molecule has 0 radical (unpaired) electrons. The topological polar surface area (TPSA) is 94.9 Å². The monoisotopic (exact) mass is 741 g/mol. The maximum atomic E-state index is 14.8. The molecule has 52 heavy (non-hydrogen) atoms. The van der Waals surface area contributed by atoms with Gasteiger partial charge in [0.25, 0.3) is 0 Å². The molecule has 7 saturated carbocycles. The van der Waals surface area contributed by atoms with E-state index in [1.807, 2.05) is 6.08 Å². The lowest BCUT2D eigenvalue weighted by Gasteiger charge is -2.71. The van der Waals surface area contributed by atoms with Crippen LogP contribution < -0.4 is 0 Å². The standard InChI is InChI=1S/C42H54F3NO5S/c1-36-10-7-31(47)22-39(36)13-14-41(32(23-39)35(48)29-5-4-6-30(18-29)42(43,44)45)33(36)8-11-37(2)34(41)9-12-40(37,49)25-46(52(3,50)51)24-38-19-26-15-27(20-38)17-28(16-26)21-38/h4-6,13-14,18,23,26-28,31,33-34,47,49H,7-12,15-17,19-22,24-25H2,1-3H3. The summed E-state index contributed by atoms with van der Waals surface area (Å²) in [6, 6.07) is 4.69. The number of hydrogen-bond acceptors (Lipinski definition) is 5. The van der Waals surface area contributed by atoms with E-state index in [4.69, 9.17) is 0 Å². The van der Waals surface area contributed by atoms with E-state index in [0.717, 1.165) is 37.8 Å². The number of carbonyl (C=O) groups excluding carboxylic acids is 1. The van der Waals surface area contributed by atoms with Gasteiger partial charge in [-0.15, -0.1) is 0 Å². The van der Waals surface area contributed by atoms with Crippen molar-refractivity contribution >= 4 is 15.8 Å². The Morgan fingerprint density at radius 2 is 1.50 bits per heavy atom. The summed E-state index contributed by atoms with van der Waals surface area (Å²) in [5.41, 5.74) is -4.31. The number of allylic oxidation sites excluding steroid dienone is 4. The molecule has 10 heteroatoms. The van der Waals surface area contributed by atoms with E-state index in [1.54, 1.807) is 4.31 Å². The Hall–Kier alpha value is -2.01. The highest BCUT2D eigenvalue weighted by Gasteiger charge is 2.74. The summed E-state index contributed by atoms with van der Waals surface area (Å²) >= 11 is 0. The third-order valence-corrected chi connectivity index (χ3v) is 18.2. The average molecular weight is 742 g/mol. The number of alkyl halides is 3. The van der Waals surface area contributed by atoms with Gasteiger partial charge in [-0.1, -0.05) is 44.2 Å². The molecule has 0 amide bonds. The van der Waals surface area contributed by atoms with Crippen LogP contribution in [0.5, 0.6) is 0 Å². The van der Waals surface area contributed by atoms with E-state index in [2.05, 4.69) is 26.0 Å². The molecule has 0 aromatic heterocycles. The molecular weight excluding hydrogens is 688 g/mol. The summed E-state index contributed by atoms with van der Waals surface area (Å²) in [4.78, 5) is 14.8. The first-order valence-corrected chi connectivity index (χ1v) is 21.6. The number of rotatable bonds is 7. The molecule has 0 aliphatic heterocycles. The van der Waals surface area contributed by atoms with Crippen molar-refractivity contribution in [2.45, 2.75) is 115 Å². The molecular formula is C42H54F3NO5S. The molecule has 10 aliphatic carbocycles. The molecule has 11 rings (SSSR count). The van der Waals surface area contributed by atoms with Gasteiger partial charge in [0.05, 0.1) is 23.5 Å². The van der Waals surface area contributed by atoms with Gasteiger partial charge in [0.15, 0.2) is 5.78 Å². The lowest BCUT2D eigenvalue weighted by Crippen LogP contribution is -2.67. The maximum absolute atomic E-state index is 14.8. The van der Waals surface area contributed by atoms with Gasteiger partial charge in [-0.05, 0) is 136 Å². The number of nitrogens with zero attached hydrogens (tertiary/aromatic N) is 1. The Kier molecular flexibility index (Phi) is 7.59. The minimum Gasteiger partial charge on any atom is -0.393 e. The molecule has 6 bridgehead atoms.